The van der Waals surface area contributed by atoms with Crippen LogP contribution in [0.3, 0.4) is 0 Å². The van der Waals surface area contributed by atoms with Gasteiger partial charge in [0.15, 0.2) is 5.82 Å². The van der Waals surface area contributed by atoms with E-state index in [0.717, 1.165) is 0 Å². The molecule has 2 aromatic rings. The molecule has 0 amide bonds. The van der Waals surface area contributed by atoms with Crippen LogP contribution in [0.1, 0.15) is 7.43 Å². The number of nitrogens with zero attached hydrogens (tertiary/aromatic N) is 4. The van der Waals surface area contributed by atoms with Crippen LogP contribution in [0.4, 0.5) is 5.82 Å². The van der Waals surface area contributed by atoms with Gasteiger partial charge in [0.1, 0.15) is 14.4 Å². The Kier molecular flexibility index (Phi) is 14.0. The van der Waals surface area contributed by atoms with Crippen molar-refractivity contribution in [1.82, 2.24) is 19.9 Å². The molecule has 0 aliphatic heterocycles. The van der Waals surface area contributed by atoms with Crippen LogP contribution in [-0.4, -0.2) is 19.9 Å². The summed E-state index contributed by atoms with van der Waals surface area (Å²) in [4.78, 5) is 15.2. The average molecular weight is 431 g/mol. The molecule has 0 atom stereocenters. The van der Waals surface area contributed by atoms with Crippen LogP contribution in [0.2, 0.25) is 5.15 Å². The normalized spacial score (nSPS) is 8.10. The Balaban J connectivity index is 0. The van der Waals surface area contributed by atoms with E-state index < -0.39 is 0 Å². The second kappa shape index (κ2) is 13.1. The average Bonchev–Trinajstić information content (AvgIpc) is 2.46. The molecule has 2 rings (SSSR count). The van der Waals surface area contributed by atoms with Crippen molar-refractivity contribution in [2.24, 2.45) is 17.5 Å². The molecule has 0 aliphatic rings. The Morgan fingerprint density at radius 2 is 1.40 bits per heavy atom. The molecule has 0 bridgehead atoms. The number of halogens is 3. The molecular formula is C9H15Br2ClN8. The molecule has 20 heavy (non-hydrogen) atoms. The van der Waals surface area contributed by atoms with E-state index in [0.29, 0.717) is 20.2 Å². The first-order valence-corrected chi connectivity index (χ1v) is 6.48. The van der Waals surface area contributed by atoms with Gasteiger partial charge in [0, 0.05) is 0 Å². The molecule has 11 heteroatoms. The molecule has 7 N–H and O–H groups in total. The molecule has 8 nitrogen and oxygen atoms in total. The number of hydrogen-bond donors (Lipinski definition) is 4. The van der Waals surface area contributed by atoms with Crippen LogP contribution < -0.4 is 23.0 Å². The third-order valence-corrected chi connectivity index (χ3v) is 2.37. The van der Waals surface area contributed by atoms with Gasteiger partial charge in [-0.05, 0) is 31.9 Å². The summed E-state index contributed by atoms with van der Waals surface area (Å²) in [7, 11) is 0. The van der Waals surface area contributed by atoms with Crippen LogP contribution in [0.5, 0.6) is 0 Å². The number of hydrogen-bond acceptors (Lipinski definition) is 8. The fourth-order valence-electron chi connectivity index (χ4n) is 0.683. The zero-order chi connectivity index (χ0) is 14.7. The van der Waals surface area contributed by atoms with Gasteiger partial charge in [0.05, 0.1) is 24.8 Å². The Morgan fingerprint density at radius 3 is 1.70 bits per heavy atom. The molecule has 0 spiro atoms. The van der Waals surface area contributed by atoms with Gasteiger partial charge < -0.3 is 5.43 Å². The Morgan fingerprint density at radius 1 is 0.900 bits per heavy atom. The van der Waals surface area contributed by atoms with Gasteiger partial charge in [-0.3, -0.25) is 11.7 Å². The largest absolute Gasteiger partial charge is 0.307 e. The minimum absolute atomic E-state index is 0. The maximum atomic E-state index is 5.42. The van der Waals surface area contributed by atoms with Gasteiger partial charge in [-0.25, -0.2) is 25.8 Å². The fraction of sp³-hybridized carbons (Fsp3) is 0.111. The summed E-state index contributed by atoms with van der Waals surface area (Å²) in [6.45, 7) is 0. The van der Waals surface area contributed by atoms with Crippen LogP contribution >= 0.6 is 43.5 Å². The lowest BCUT2D eigenvalue weighted by atomic mass is 10.7. The first-order chi connectivity index (χ1) is 9.11. The smallest absolute Gasteiger partial charge is 0.158 e. The molecule has 0 unspecified atom stereocenters. The Labute approximate surface area is 138 Å². The van der Waals surface area contributed by atoms with Crippen molar-refractivity contribution in [2.45, 2.75) is 7.43 Å². The van der Waals surface area contributed by atoms with E-state index in [9.17, 15) is 0 Å². The van der Waals surface area contributed by atoms with Crippen molar-refractivity contribution in [3.05, 3.63) is 39.1 Å². The third-order valence-electron chi connectivity index (χ3n) is 1.36. The second-order valence-corrected chi connectivity index (χ2v) is 4.54. The van der Waals surface area contributed by atoms with E-state index in [2.05, 4.69) is 68.9 Å². The molecule has 2 aromatic heterocycles. The van der Waals surface area contributed by atoms with Crippen LogP contribution in [0.25, 0.3) is 0 Å². The topological polar surface area (TPSA) is 142 Å². The highest BCUT2D eigenvalue weighted by molar-refractivity contribution is 9.10. The van der Waals surface area contributed by atoms with Gasteiger partial charge in [0.25, 0.3) is 0 Å². The summed E-state index contributed by atoms with van der Waals surface area (Å²) >= 11 is 11.7. The van der Waals surface area contributed by atoms with E-state index in [1.165, 1.54) is 12.4 Å². The van der Waals surface area contributed by atoms with Gasteiger partial charge in [-0.2, -0.15) is 0 Å². The van der Waals surface area contributed by atoms with Gasteiger partial charge in [-0.15, -0.1) is 0 Å². The number of anilines is 1. The maximum Gasteiger partial charge on any atom is 0.158 e. The van der Waals surface area contributed by atoms with Gasteiger partial charge >= 0.3 is 0 Å². The minimum Gasteiger partial charge on any atom is -0.307 e. The lowest BCUT2D eigenvalue weighted by Crippen LogP contribution is -2.08. The Bertz CT molecular complexity index is 432. The zero-order valence-electron chi connectivity index (χ0n) is 9.46. The molecule has 2 heterocycles. The molecular weight excluding hydrogens is 415 g/mol. The Hall–Kier alpha value is -0.910. The minimum atomic E-state index is 0. The van der Waals surface area contributed by atoms with Crippen LogP contribution in [0, 0.1) is 0 Å². The van der Waals surface area contributed by atoms with Crippen molar-refractivity contribution in [1.29, 1.82) is 0 Å². The van der Waals surface area contributed by atoms with Crippen LogP contribution in [0.15, 0.2) is 34.0 Å². The molecule has 0 aromatic carbocycles. The van der Waals surface area contributed by atoms with E-state index in [1.807, 2.05) is 0 Å². The molecule has 112 valence electrons. The number of nitrogens with one attached hydrogen (secondary N) is 1. The lowest BCUT2D eigenvalue weighted by Gasteiger charge is -1.94. The third kappa shape index (κ3) is 9.95. The monoisotopic (exact) mass is 428 g/mol. The van der Waals surface area contributed by atoms with Crippen molar-refractivity contribution < 1.29 is 0 Å². The summed E-state index contributed by atoms with van der Waals surface area (Å²) in [5, 5.41) is 0.410. The summed E-state index contributed by atoms with van der Waals surface area (Å²) in [6.07, 6.45) is 6.12. The summed E-state index contributed by atoms with van der Waals surface area (Å²) < 4.78 is 1.39. The van der Waals surface area contributed by atoms with Crippen molar-refractivity contribution in [3.8, 4) is 0 Å². The standard InChI is InChI=1S/C4H2BrClN2.C4H5BrN4.CH4.H4N2/c5-3-1-8-4(6)2-7-3;5-3-1-8-4(9-6)2-7-3;;1-2/h1-2H;1-2H,6H2,(H,8,9);1H4;1-2H2. The van der Waals surface area contributed by atoms with Crippen molar-refractivity contribution in [2.75, 3.05) is 5.43 Å². The maximum absolute atomic E-state index is 5.42. The molecule has 0 saturated heterocycles. The molecule has 0 radical (unpaired) electrons. The number of rotatable bonds is 1. The van der Waals surface area contributed by atoms with E-state index in [1.54, 1.807) is 12.4 Å². The fourth-order valence-corrected chi connectivity index (χ4v) is 1.19. The van der Waals surface area contributed by atoms with E-state index in [-0.39, 0.29) is 7.43 Å². The molecule has 0 saturated carbocycles. The quantitative estimate of drug-likeness (QED) is 0.397. The van der Waals surface area contributed by atoms with Crippen molar-refractivity contribution >= 4 is 49.3 Å². The van der Waals surface area contributed by atoms with E-state index in [4.69, 9.17) is 17.4 Å². The molecule has 0 fully saturated rings. The number of nitrogen functional groups attached to an aromatic ring is 1. The highest BCUT2D eigenvalue weighted by Crippen LogP contribution is 2.05. The highest BCUT2D eigenvalue weighted by Gasteiger charge is 1.88. The first-order valence-electron chi connectivity index (χ1n) is 4.52. The highest BCUT2D eigenvalue weighted by atomic mass is 79.9. The summed E-state index contributed by atoms with van der Waals surface area (Å²) in [5.74, 6) is 13.6. The number of aromatic nitrogens is 4. The second-order valence-electron chi connectivity index (χ2n) is 2.53. The van der Waals surface area contributed by atoms with E-state index >= 15 is 0 Å². The molecule has 0 aliphatic carbocycles. The predicted molar refractivity (Wildman–Crippen MR) is 87.4 cm³/mol. The van der Waals surface area contributed by atoms with Gasteiger partial charge in [0.2, 0.25) is 0 Å². The number of nitrogens with two attached hydrogens (primary N) is 3. The number of hydrazine groups is 2. The summed E-state index contributed by atoms with van der Waals surface area (Å²) in [5.41, 5.74) is 2.36. The SMILES string of the molecule is C.Clc1cnc(Br)cn1.NN.NNc1cnc(Br)cn1. The van der Waals surface area contributed by atoms with Gasteiger partial charge in [-0.1, -0.05) is 19.0 Å². The van der Waals surface area contributed by atoms with Crippen LogP contribution in [-0.2, 0) is 0 Å². The van der Waals surface area contributed by atoms with Crippen molar-refractivity contribution in [3.63, 3.8) is 0 Å². The first kappa shape index (κ1) is 21.4. The summed E-state index contributed by atoms with van der Waals surface area (Å²) in [6, 6.07) is 0. The predicted octanol–water partition coefficient (Wildman–Crippen LogP) is 1.87. The lowest BCUT2D eigenvalue weighted by molar-refractivity contribution is 1.13. The zero-order valence-corrected chi connectivity index (χ0v) is 13.4.